The Morgan fingerprint density at radius 2 is 2.21 bits per heavy atom. The summed E-state index contributed by atoms with van der Waals surface area (Å²) in [6.07, 6.45) is 0. The van der Waals surface area contributed by atoms with Crippen LogP contribution in [0.25, 0.3) is 11.4 Å². The van der Waals surface area contributed by atoms with E-state index in [1.807, 2.05) is 0 Å². The maximum atomic E-state index is 10.8. The molecule has 1 aromatic heterocycles. The minimum absolute atomic E-state index is 0.345. The molecule has 0 amide bonds. The fourth-order valence-electron chi connectivity index (χ4n) is 1.18. The van der Waals surface area contributed by atoms with E-state index in [4.69, 9.17) is 17.3 Å². The first-order valence-electron chi connectivity index (χ1n) is 3.87. The summed E-state index contributed by atoms with van der Waals surface area (Å²) >= 11 is 5.92. The largest absolute Gasteiger partial charge is 0.398 e. The number of hydrogen-bond donors (Lipinski definition) is 3. The molecule has 14 heavy (non-hydrogen) atoms. The quantitative estimate of drug-likeness (QED) is 0.614. The summed E-state index contributed by atoms with van der Waals surface area (Å²) < 4.78 is 0. The molecule has 0 unspecified atom stereocenters. The van der Waals surface area contributed by atoms with E-state index in [-0.39, 0.29) is 5.69 Å². The Hall–Kier alpha value is -1.75. The number of nitrogens with one attached hydrogen (secondary N) is 2. The minimum atomic E-state index is -0.390. The molecule has 0 spiro atoms. The summed E-state index contributed by atoms with van der Waals surface area (Å²) in [6.45, 7) is 0. The van der Waals surface area contributed by atoms with E-state index in [1.54, 1.807) is 18.2 Å². The molecule has 0 aliphatic carbocycles. The Bertz CT molecular complexity index is 496. The summed E-state index contributed by atoms with van der Waals surface area (Å²) in [7, 11) is 0. The summed E-state index contributed by atoms with van der Waals surface area (Å²) in [6, 6.07) is 5.10. The topological polar surface area (TPSA) is 87.6 Å². The molecule has 0 bridgehead atoms. The lowest BCUT2D eigenvalue weighted by Crippen LogP contribution is -2.00. The highest BCUT2D eigenvalue weighted by Gasteiger charge is 2.10. The zero-order valence-corrected chi connectivity index (χ0v) is 7.80. The highest BCUT2D eigenvalue weighted by Crippen LogP contribution is 2.29. The normalized spacial score (nSPS) is 10.4. The van der Waals surface area contributed by atoms with E-state index in [9.17, 15) is 4.79 Å². The molecule has 2 aromatic rings. The maximum Gasteiger partial charge on any atom is 0.340 e. The molecule has 72 valence electrons. The number of nitrogen functional groups attached to an aromatic ring is 1. The fourth-order valence-corrected chi connectivity index (χ4v) is 1.45. The molecule has 5 nitrogen and oxygen atoms in total. The highest BCUT2D eigenvalue weighted by molar-refractivity contribution is 6.33. The van der Waals surface area contributed by atoms with Gasteiger partial charge in [-0.3, -0.25) is 4.98 Å². The number of benzene rings is 1. The molecule has 1 heterocycles. The molecule has 0 radical (unpaired) electrons. The molecule has 4 N–H and O–H groups in total. The fraction of sp³-hybridized carbons (Fsp3) is 0. The highest BCUT2D eigenvalue weighted by atomic mass is 35.5. The number of aromatic amines is 2. The monoisotopic (exact) mass is 210 g/mol. The summed E-state index contributed by atoms with van der Waals surface area (Å²) in [5.74, 6) is 0.345. The van der Waals surface area contributed by atoms with Gasteiger partial charge in [0.25, 0.3) is 0 Å². The van der Waals surface area contributed by atoms with Gasteiger partial charge >= 0.3 is 5.69 Å². The van der Waals surface area contributed by atoms with Crippen LogP contribution in [0.1, 0.15) is 0 Å². The number of hydrogen-bond acceptors (Lipinski definition) is 3. The van der Waals surface area contributed by atoms with E-state index in [2.05, 4.69) is 15.2 Å². The zero-order valence-electron chi connectivity index (χ0n) is 7.04. The van der Waals surface area contributed by atoms with Crippen LogP contribution in [0.2, 0.25) is 5.02 Å². The number of aromatic nitrogens is 3. The van der Waals surface area contributed by atoms with Crippen LogP contribution in [0.3, 0.4) is 0 Å². The van der Waals surface area contributed by atoms with Crippen LogP contribution in [-0.4, -0.2) is 15.2 Å². The first kappa shape index (κ1) is 8.83. The van der Waals surface area contributed by atoms with E-state index >= 15 is 0 Å². The second-order valence-electron chi connectivity index (χ2n) is 2.73. The number of halogens is 1. The van der Waals surface area contributed by atoms with Gasteiger partial charge in [0, 0.05) is 5.69 Å². The first-order valence-corrected chi connectivity index (χ1v) is 4.25. The molecule has 0 atom stereocenters. The first-order chi connectivity index (χ1) is 6.68. The van der Waals surface area contributed by atoms with Crippen molar-refractivity contribution in [2.75, 3.05) is 5.73 Å². The number of rotatable bonds is 1. The van der Waals surface area contributed by atoms with Gasteiger partial charge in [0.15, 0.2) is 5.82 Å². The van der Waals surface area contributed by atoms with Gasteiger partial charge in [-0.05, 0) is 12.1 Å². The van der Waals surface area contributed by atoms with Crippen molar-refractivity contribution in [1.29, 1.82) is 0 Å². The van der Waals surface area contributed by atoms with E-state index in [0.717, 1.165) is 0 Å². The number of nitrogens with zero attached hydrogens (tertiary/aromatic N) is 1. The third-order valence-corrected chi connectivity index (χ3v) is 2.10. The van der Waals surface area contributed by atoms with Crippen LogP contribution >= 0.6 is 11.6 Å². The lowest BCUT2D eigenvalue weighted by molar-refractivity contribution is 1.05. The summed E-state index contributed by atoms with van der Waals surface area (Å²) in [5, 5.41) is 6.45. The Morgan fingerprint density at radius 1 is 1.43 bits per heavy atom. The van der Waals surface area contributed by atoms with Crippen LogP contribution in [0.5, 0.6) is 0 Å². The minimum Gasteiger partial charge on any atom is -0.398 e. The lowest BCUT2D eigenvalue weighted by Gasteiger charge is -2.02. The van der Waals surface area contributed by atoms with Crippen LogP contribution in [-0.2, 0) is 0 Å². The van der Waals surface area contributed by atoms with E-state index in [0.29, 0.717) is 22.1 Å². The van der Waals surface area contributed by atoms with Crippen molar-refractivity contribution in [1.82, 2.24) is 15.2 Å². The van der Waals surface area contributed by atoms with Crippen molar-refractivity contribution in [3.63, 3.8) is 0 Å². The van der Waals surface area contributed by atoms with Crippen LogP contribution < -0.4 is 11.4 Å². The molecule has 0 saturated carbocycles. The average Bonchev–Trinajstić information content (AvgIpc) is 2.51. The summed E-state index contributed by atoms with van der Waals surface area (Å²) in [4.78, 5) is 13.3. The van der Waals surface area contributed by atoms with Gasteiger partial charge in [0.1, 0.15) is 0 Å². The molecule has 0 fully saturated rings. The predicted octanol–water partition coefficient (Wildman–Crippen LogP) is 1.00. The van der Waals surface area contributed by atoms with Crippen molar-refractivity contribution < 1.29 is 0 Å². The Balaban J connectivity index is 2.67. The zero-order chi connectivity index (χ0) is 10.1. The Morgan fingerprint density at radius 3 is 2.79 bits per heavy atom. The van der Waals surface area contributed by atoms with Crippen LogP contribution in [0.4, 0.5) is 5.69 Å². The van der Waals surface area contributed by atoms with Gasteiger partial charge < -0.3 is 5.73 Å². The maximum absolute atomic E-state index is 10.8. The predicted molar refractivity (Wildman–Crippen MR) is 54.1 cm³/mol. The second kappa shape index (κ2) is 3.19. The molecule has 0 aliphatic rings. The van der Waals surface area contributed by atoms with Crippen LogP contribution in [0.15, 0.2) is 23.0 Å². The molecule has 6 heteroatoms. The van der Waals surface area contributed by atoms with Crippen molar-refractivity contribution in [2.45, 2.75) is 0 Å². The third-order valence-electron chi connectivity index (χ3n) is 1.78. The van der Waals surface area contributed by atoms with E-state index in [1.165, 1.54) is 0 Å². The number of nitrogens with two attached hydrogens (primary N) is 1. The van der Waals surface area contributed by atoms with Crippen LogP contribution in [0, 0.1) is 0 Å². The smallest absolute Gasteiger partial charge is 0.340 e. The molecule has 0 aliphatic heterocycles. The van der Waals surface area contributed by atoms with Gasteiger partial charge in [-0.15, -0.1) is 0 Å². The SMILES string of the molecule is Nc1cccc(Cl)c1-c1n[nH]c(=O)[nH]1. The van der Waals surface area contributed by atoms with Gasteiger partial charge in [-0.25, -0.2) is 9.89 Å². The molecular formula is C8H7ClN4O. The van der Waals surface area contributed by atoms with Crippen molar-refractivity contribution in [3.8, 4) is 11.4 Å². The van der Waals surface area contributed by atoms with Gasteiger partial charge in [0.05, 0.1) is 10.6 Å². The molecular weight excluding hydrogens is 204 g/mol. The van der Waals surface area contributed by atoms with E-state index < -0.39 is 0 Å². The number of H-pyrrole nitrogens is 2. The third kappa shape index (κ3) is 1.38. The standard InChI is InChI=1S/C8H7ClN4O/c9-4-2-1-3-5(10)6(4)7-11-8(14)13-12-7/h1-3H,10H2,(H2,11,12,13,14). The lowest BCUT2D eigenvalue weighted by atomic mass is 10.2. The average molecular weight is 211 g/mol. The van der Waals surface area contributed by atoms with Crippen molar-refractivity contribution in [2.24, 2.45) is 0 Å². The van der Waals surface area contributed by atoms with Gasteiger partial charge in [-0.2, -0.15) is 5.10 Å². The summed E-state index contributed by atoms with van der Waals surface area (Å²) in [5.41, 5.74) is 6.32. The van der Waals surface area contributed by atoms with Crippen molar-refractivity contribution in [3.05, 3.63) is 33.7 Å². The Labute approximate surface area is 83.9 Å². The van der Waals surface area contributed by atoms with Crippen molar-refractivity contribution >= 4 is 17.3 Å². The second-order valence-corrected chi connectivity index (χ2v) is 3.14. The van der Waals surface area contributed by atoms with Gasteiger partial charge in [-0.1, -0.05) is 17.7 Å². The molecule has 1 aromatic carbocycles. The Kier molecular flexibility index (Phi) is 2.01. The molecule has 2 rings (SSSR count). The van der Waals surface area contributed by atoms with Gasteiger partial charge in [0.2, 0.25) is 0 Å². The molecule has 0 saturated heterocycles. The number of anilines is 1.